The third kappa shape index (κ3) is 5.20. The Kier molecular flexibility index (Phi) is 7.44. The van der Waals surface area contributed by atoms with Crippen LogP contribution in [0.2, 0.25) is 0 Å². The van der Waals surface area contributed by atoms with Gasteiger partial charge in [0, 0.05) is 0 Å². The van der Waals surface area contributed by atoms with Gasteiger partial charge in [0.1, 0.15) is 22.3 Å². The monoisotopic (exact) mass is 488 g/mol. The summed E-state index contributed by atoms with van der Waals surface area (Å²) in [6.45, 7) is 3.37. The predicted octanol–water partition coefficient (Wildman–Crippen LogP) is 3.14. The lowest BCUT2D eigenvalue weighted by Crippen LogP contribution is -2.22. The maximum Gasteiger partial charge on any atom is 0.339 e. The molecule has 9 nitrogen and oxygen atoms in total. The number of methoxy groups -OCH3 is 1. The molecule has 1 heterocycles. The molecule has 33 heavy (non-hydrogen) atoms. The number of rotatable bonds is 8. The summed E-state index contributed by atoms with van der Waals surface area (Å²) in [7, 11) is -2.71. The summed E-state index contributed by atoms with van der Waals surface area (Å²) in [5.41, 5.74) is 7.55. The Labute approximate surface area is 196 Å². The van der Waals surface area contributed by atoms with Crippen LogP contribution in [-0.4, -0.2) is 42.9 Å². The third-order valence-electron chi connectivity index (χ3n) is 4.70. The molecule has 0 radical (unpaired) electrons. The van der Waals surface area contributed by atoms with Crippen molar-refractivity contribution >= 4 is 45.0 Å². The lowest BCUT2D eigenvalue weighted by Gasteiger charge is -2.10. The second-order valence-electron chi connectivity index (χ2n) is 7.01. The maximum atomic E-state index is 13.3. The van der Waals surface area contributed by atoms with Gasteiger partial charge >= 0.3 is 5.97 Å². The fraction of sp³-hybridized carbons (Fsp3) is 0.227. The SMILES string of the molecule is CCSc1nn(CC(=O)Nc2ccccc2C(=O)OC)c(N)c1S(=O)(=O)c1ccc(C)cc1. The number of esters is 1. The van der Waals surface area contributed by atoms with Crippen molar-refractivity contribution < 1.29 is 22.7 Å². The van der Waals surface area contributed by atoms with Crippen LogP contribution in [-0.2, 0) is 25.9 Å². The first-order valence-electron chi connectivity index (χ1n) is 9.97. The number of carbonyl (C=O) groups is 2. The Morgan fingerprint density at radius 3 is 2.45 bits per heavy atom. The topological polar surface area (TPSA) is 133 Å². The summed E-state index contributed by atoms with van der Waals surface area (Å²) in [6, 6.07) is 12.8. The first-order chi connectivity index (χ1) is 15.7. The number of hydrogen-bond acceptors (Lipinski definition) is 8. The largest absolute Gasteiger partial charge is 0.465 e. The van der Waals surface area contributed by atoms with Gasteiger partial charge in [-0.25, -0.2) is 17.9 Å². The van der Waals surface area contributed by atoms with Crippen LogP contribution < -0.4 is 11.1 Å². The molecule has 0 aliphatic heterocycles. The highest BCUT2D eigenvalue weighted by Crippen LogP contribution is 2.35. The molecule has 0 saturated heterocycles. The molecule has 0 aliphatic rings. The highest BCUT2D eigenvalue weighted by Gasteiger charge is 2.30. The number of ether oxygens (including phenoxy) is 1. The van der Waals surface area contributed by atoms with Gasteiger partial charge in [-0.1, -0.05) is 36.8 Å². The molecule has 3 aromatic rings. The predicted molar refractivity (Wildman–Crippen MR) is 126 cm³/mol. The van der Waals surface area contributed by atoms with Crippen LogP contribution in [0.25, 0.3) is 0 Å². The summed E-state index contributed by atoms with van der Waals surface area (Å²) in [6.07, 6.45) is 0. The minimum Gasteiger partial charge on any atom is -0.465 e. The number of aromatic nitrogens is 2. The first kappa shape index (κ1) is 24.3. The van der Waals surface area contributed by atoms with Crippen molar-refractivity contribution in [1.82, 2.24) is 9.78 Å². The van der Waals surface area contributed by atoms with Crippen molar-refractivity contribution in [2.45, 2.75) is 35.2 Å². The molecule has 0 atom stereocenters. The van der Waals surface area contributed by atoms with Crippen LogP contribution in [0.1, 0.15) is 22.8 Å². The van der Waals surface area contributed by atoms with Gasteiger partial charge in [0.2, 0.25) is 15.7 Å². The van der Waals surface area contributed by atoms with Crippen molar-refractivity contribution in [2.75, 3.05) is 23.9 Å². The summed E-state index contributed by atoms with van der Waals surface area (Å²) >= 11 is 1.22. The van der Waals surface area contributed by atoms with E-state index in [2.05, 4.69) is 10.4 Å². The van der Waals surface area contributed by atoms with Gasteiger partial charge in [0.05, 0.1) is 23.3 Å². The standard InChI is InChI=1S/C22H24N4O5S2/c1-4-32-21-19(33(29,30)15-11-9-14(2)10-12-15)20(23)26(25-21)13-18(27)24-17-8-6-5-7-16(17)22(28)31-3/h5-12H,4,13,23H2,1-3H3,(H,24,27). The minimum absolute atomic E-state index is 0.0914. The Balaban J connectivity index is 1.94. The molecule has 1 amide bonds. The molecule has 0 aliphatic carbocycles. The molecule has 0 spiro atoms. The molecule has 0 fully saturated rings. The van der Waals surface area contributed by atoms with Crippen molar-refractivity contribution in [3.05, 3.63) is 59.7 Å². The van der Waals surface area contributed by atoms with Crippen molar-refractivity contribution in [1.29, 1.82) is 0 Å². The van der Waals surface area contributed by atoms with E-state index in [0.717, 1.165) is 10.2 Å². The van der Waals surface area contributed by atoms with Gasteiger partial charge in [-0.2, -0.15) is 5.10 Å². The van der Waals surface area contributed by atoms with E-state index in [1.54, 1.807) is 30.3 Å². The van der Waals surface area contributed by atoms with Gasteiger partial charge < -0.3 is 15.8 Å². The molecule has 2 aromatic carbocycles. The quantitative estimate of drug-likeness (QED) is 0.365. The zero-order chi connectivity index (χ0) is 24.2. The van der Waals surface area contributed by atoms with E-state index in [1.807, 2.05) is 13.8 Å². The fourth-order valence-electron chi connectivity index (χ4n) is 3.08. The van der Waals surface area contributed by atoms with E-state index in [9.17, 15) is 18.0 Å². The first-order valence-corrected chi connectivity index (χ1v) is 12.4. The van der Waals surface area contributed by atoms with Gasteiger partial charge in [-0.15, -0.1) is 11.8 Å². The third-order valence-corrected chi connectivity index (χ3v) is 7.51. The lowest BCUT2D eigenvalue weighted by atomic mass is 10.2. The van der Waals surface area contributed by atoms with E-state index < -0.39 is 21.7 Å². The van der Waals surface area contributed by atoms with Crippen LogP contribution in [0, 0.1) is 6.92 Å². The Bertz CT molecular complexity index is 1280. The molecule has 3 N–H and O–H groups in total. The van der Waals surface area contributed by atoms with Crippen LogP contribution >= 0.6 is 11.8 Å². The van der Waals surface area contributed by atoms with Gasteiger partial charge in [-0.3, -0.25) is 4.79 Å². The average molecular weight is 489 g/mol. The van der Waals surface area contributed by atoms with E-state index in [-0.39, 0.29) is 38.4 Å². The Hall–Kier alpha value is -3.31. The number of nitrogens with two attached hydrogens (primary N) is 1. The number of nitrogens with one attached hydrogen (secondary N) is 1. The van der Waals surface area contributed by atoms with Crippen molar-refractivity contribution in [3.63, 3.8) is 0 Å². The highest BCUT2D eigenvalue weighted by atomic mass is 32.2. The van der Waals surface area contributed by atoms with Crippen molar-refractivity contribution in [3.8, 4) is 0 Å². The lowest BCUT2D eigenvalue weighted by molar-refractivity contribution is -0.116. The van der Waals surface area contributed by atoms with E-state index in [4.69, 9.17) is 10.5 Å². The smallest absolute Gasteiger partial charge is 0.339 e. The Morgan fingerprint density at radius 2 is 1.82 bits per heavy atom. The van der Waals surface area contributed by atoms with Crippen molar-refractivity contribution in [2.24, 2.45) is 0 Å². The molecule has 3 rings (SSSR count). The van der Waals surface area contributed by atoms with E-state index >= 15 is 0 Å². The zero-order valence-electron chi connectivity index (χ0n) is 18.4. The summed E-state index contributed by atoms with van der Waals surface area (Å²) in [5.74, 6) is -0.709. The summed E-state index contributed by atoms with van der Waals surface area (Å²) in [4.78, 5) is 24.6. The Morgan fingerprint density at radius 1 is 1.15 bits per heavy atom. The normalized spacial score (nSPS) is 11.2. The fourth-order valence-corrected chi connectivity index (χ4v) is 5.63. The van der Waals surface area contributed by atoms with E-state index in [1.165, 1.54) is 37.1 Å². The molecule has 174 valence electrons. The number of anilines is 2. The van der Waals surface area contributed by atoms with Gasteiger partial charge in [0.15, 0.2) is 0 Å². The van der Waals surface area contributed by atoms with Gasteiger partial charge in [0.25, 0.3) is 0 Å². The molecule has 1 aromatic heterocycles. The van der Waals surface area contributed by atoms with Crippen LogP contribution in [0.5, 0.6) is 0 Å². The van der Waals surface area contributed by atoms with Crippen LogP contribution in [0.3, 0.4) is 0 Å². The number of hydrogen-bond donors (Lipinski definition) is 2. The molecular formula is C22H24N4O5S2. The number of carbonyl (C=O) groups excluding carboxylic acids is 2. The van der Waals surface area contributed by atoms with Crippen LogP contribution in [0.15, 0.2) is 63.3 Å². The summed E-state index contributed by atoms with van der Waals surface area (Å²) in [5, 5.41) is 7.13. The minimum atomic E-state index is -3.96. The molecule has 11 heteroatoms. The maximum absolute atomic E-state index is 13.3. The number of benzene rings is 2. The molecule has 0 unspecified atom stereocenters. The number of sulfone groups is 1. The highest BCUT2D eigenvalue weighted by molar-refractivity contribution is 8.00. The van der Waals surface area contributed by atoms with E-state index in [0.29, 0.717) is 5.75 Å². The number of nitrogens with zero attached hydrogens (tertiary/aromatic N) is 2. The number of thioether (sulfide) groups is 1. The molecule has 0 saturated carbocycles. The average Bonchev–Trinajstić information content (AvgIpc) is 3.09. The van der Waals surface area contributed by atoms with Crippen LogP contribution in [0.4, 0.5) is 11.5 Å². The number of amides is 1. The number of aryl methyl sites for hydroxylation is 1. The molecular weight excluding hydrogens is 464 g/mol. The second kappa shape index (κ2) is 10.1. The number of nitrogen functional groups attached to an aromatic ring is 1. The second-order valence-corrected chi connectivity index (χ2v) is 10.2. The van der Waals surface area contributed by atoms with Gasteiger partial charge in [-0.05, 0) is 36.9 Å². The number of para-hydroxylation sites is 1. The molecule has 0 bridgehead atoms. The summed E-state index contributed by atoms with van der Waals surface area (Å²) < 4.78 is 32.5. The zero-order valence-corrected chi connectivity index (χ0v) is 20.0.